The van der Waals surface area contributed by atoms with E-state index < -0.39 is 0 Å². The first-order chi connectivity index (χ1) is 9.40. The Hall–Kier alpha value is 0.440. The number of hydrogen-bond acceptors (Lipinski definition) is 1. The summed E-state index contributed by atoms with van der Waals surface area (Å²) in [5.41, 5.74) is 0. The predicted molar refractivity (Wildman–Crippen MR) is 96.8 cm³/mol. The van der Waals surface area contributed by atoms with Gasteiger partial charge in [0.1, 0.15) is 0 Å². The van der Waals surface area contributed by atoms with Crippen molar-refractivity contribution in [1.82, 2.24) is 4.90 Å². The zero-order chi connectivity index (χ0) is 15.5. The molecule has 0 aliphatic rings. The molecule has 0 aliphatic heterocycles. The zero-order valence-corrected chi connectivity index (χ0v) is 16.4. The molecule has 0 amide bonds. The van der Waals surface area contributed by atoms with E-state index in [1.807, 2.05) is 0 Å². The Morgan fingerprint density at radius 3 is 2.05 bits per heavy atom. The smallest absolute Gasteiger partial charge is 0.0143 e. The fraction of sp³-hybridized carbons (Fsp3) is 1.00. The van der Waals surface area contributed by atoms with Crippen LogP contribution in [0.1, 0.15) is 79.6 Å². The van der Waals surface area contributed by atoms with Gasteiger partial charge in [0.15, 0.2) is 0 Å². The Morgan fingerprint density at radius 2 is 1.50 bits per heavy atom. The molecule has 0 aromatic carbocycles. The van der Waals surface area contributed by atoms with Crippen molar-refractivity contribution < 1.29 is 0 Å². The molecule has 0 aromatic heterocycles. The van der Waals surface area contributed by atoms with Crippen molar-refractivity contribution in [2.75, 3.05) is 13.6 Å². The van der Waals surface area contributed by atoms with E-state index >= 15 is 0 Å². The number of alkyl halides is 1. The summed E-state index contributed by atoms with van der Waals surface area (Å²) in [5.74, 6) is 1.74. The Bertz CT molecular complexity index is 219. The third-order valence-corrected chi connectivity index (χ3v) is 5.81. The van der Waals surface area contributed by atoms with Gasteiger partial charge in [0.25, 0.3) is 0 Å². The van der Waals surface area contributed by atoms with Crippen LogP contribution in [0.3, 0.4) is 0 Å². The molecule has 0 aromatic rings. The lowest BCUT2D eigenvalue weighted by Crippen LogP contribution is -2.30. The van der Waals surface area contributed by atoms with E-state index in [1.165, 1.54) is 44.9 Å². The molecule has 1 nitrogen and oxygen atoms in total. The number of halogens is 1. The van der Waals surface area contributed by atoms with Crippen molar-refractivity contribution >= 4 is 15.9 Å². The maximum atomic E-state index is 3.73. The van der Waals surface area contributed by atoms with E-state index in [1.54, 1.807) is 0 Å². The van der Waals surface area contributed by atoms with Crippen LogP contribution in [0.15, 0.2) is 0 Å². The molecule has 0 rings (SSSR count). The van der Waals surface area contributed by atoms with Gasteiger partial charge in [0, 0.05) is 10.9 Å². The minimum Gasteiger partial charge on any atom is -0.304 e. The van der Waals surface area contributed by atoms with Crippen LogP contribution in [-0.4, -0.2) is 29.4 Å². The van der Waals surface area contributed by atoms with Crippen LogP contribution in [-0.2, 0) is 0 Å². The van der Waals surface area contributed by atoms with Gasteiger partial charge >= 0.3 is 0 Å². The molecule has 0 spiro atoms. The van der Waals surface area contributed by atoms with Gasteiger partial charge in [0.05, 0.1) is 0 Å². The molecule has 4 atom stereocenters. The van der Waals surface area contributed by atoms with Crippen LogP contribution in [0.5, 0.6) is 0 Å². The lowest BCUT2D eigenvalue weighted by Gasteiger charge is -2.27. The van der Waals surface area contributed by atoms with Gasteiger partial charge in [-0.15, -0.1) is 0 Å². The van der Waals surface area contributed by atoms with Crippen molar-refractivity contribution in [2.24, 2.45) is 11.8 Å². The van der Waals surface area contributed by atoms with Gasteiger partial charge in [-0.3, -0.25) is 0 Å². The second-order valence-corrected chi connectivity index (χ2v) is 8.19. The summed E-state index contributed by atoms with van der Waals surface area (Å²) in [6.45, 7) is 12.9. The van der Waals surface area contributed by atoms with E-state index in [0.29, 0.717) is 0 Å². The van der Waals surface area contributed by atoms with Crippen LogP contribution < -0.4 is 0 Å². The summed E-state index contributed by atoms with van der Waals surface area (Å²) < 4.78 is 0. The highest BCUT2D eigenvalue weighted by atomic mass is 79.9. The molecule has 20 heavy (non-hydrogen) atoms. The average molecular weight is 348 g/mol. The highest BCUT2D eigenvalue weighted by Gasteiger charge is 2.14. The van der Waals surface area contributed by atoms with Gasteiger partial charge in [0.2, 0.25) is 0 Å². The summed E-state index contributed by atoms with van der Waals surface area (Å²) in [6, 6.07) is 0.723. The van der Waals surface area contributed by atoms with Crippen molar-refractivity contribution in [1.29, 1.82) is 0 Å². The standard InChI is InChI=1S/C18H38BrN/c1-7-18(19)12-10-9-11-15(3)13-16(4)14-17(5)20(6)8-2/h15-18H,7-14H2,1-6H3. The number of nitrogens with zero attached hydrogens (tertiary/aromatic N) is 1. The van der Waals surface area contributed by atoms with E-state index in [-0.39, 0.29) is 0 Å². The molecular formula is C18H38BrN. The maximum absolute atomic E-state index is 3.73. The fourth-order valence-corrected chi connectivity index (χ4v) is 3.36. The van der Waals surface area contributed by atoms with Crippen LogP contribution in [0, 0.1) is 11.8 Å². The summed E-state index contributed by atoms with van der Waals surface area (Å²) in [4.78, 5) is 3.20. The Balaban J connectivity index is 3.71. The van der Waals surface area contributed by atoms with E-state index in [9.17, 15) is 0 Å². The lowest BCUT2D eigenvalue weighted by molar-refractivity contribution is 0.221. The minimum atomic E-state index is 0.723. The molecule has 2 heteroatoms. The molecule has 0 aliphatic carbocycles. The van der Waals surface area contributed by atoms with E-state index in [4.69, 9.17) is 0 Å². The van der Waals surface area contributed by atoms with Crippen molar-refractivity contribution in [3.63, 3.8) is 0 Å². The normalized spacial score (nSPS) is 18.0. The van der Waals surface area contributed by atoms with Crippen molar-refractivity contribution in [3.8, 4) is 0 Å². The van der Waals surface area contributed by atoms with Gasteiger partial charge in [-0.2, -0.15) is 0 Å². The largest absolute Gasteiger partial charge is 0.304 e. The quantitative estimate of drug-likeness (QED) is 0.304. The Kier molecular flexibility index (Phi) is 12.3. The zero-order valence-electron chi connectivity index (χ0n) is 14.8. The minimum absolute atomic E-state index is 0.723. The summed E-state index contributed by atoms with van der Waals surface area (Å²) >= 11 is 3.73. The molecule has 0 heterocycles. The summed E-state index contributed by atoms with van der Waals surface area (Å²) in [7, 11) is 2.24. The monoisotopic (exact) mass is 347 g/mol. The lowest BCUT2D eigenvalue weighted by atomic mass is 9.89. The summed E-state index contributed by atoms with van der Waals surface area (Å²) in [5, 5.41) is 0. The van der Waals surface area contributed by atoms with Crippen LogP contribution in [0.4, 0.5) is 0 Å². The second-order valence-electron chi connectivity index (χ2n) is 6.89. The van der Waals surface area contributed by atoms with E-state index in [0.717, 1.165) is 29.2 Å². The Labute approximate surface area is 137 Å². The Morgan fingerprint density at radius 1 is 0.900 bits per heavy atom. The summed E-state index contributed by atoms with van der Waals surface area (Å²) in [6.07, 6.45) is 9.54. The van der Waals surface area contributed by atoms with E-state index in [2.05, 4.69) is 62.5 Å². The highest BCUT2D eigenvalue weighted by molar-refractivity contribution is 9.09. The maximum Gasteiger partial charge on any atom is 0.0143 e. The molecule has 0 saturated carbocycles. The van der Waals surface area contributed by atoms with Gasteiger partial charge in [-0.1, -0.05) is 62.9 Å². The second kappa shape index (κ2) is 12.0. The molecule has 0 saturated heterocycles. The molecule has 0 fully saturated rings. The fourth-order valence-electron chi connectivity index (χ4n) is 3.04. The molecule has 0 bridgehead atoms. The average Bonchev–Trinajstić information content (AvgIpc) is 2.41. The number of hydrogen-bond donors (Lipinski definition) is 0. The van der Waals surface area contributed by atoms with Crippen molar-refractivity contribution in [2.45, 2.75) is 90.4 Å². The SMILES string of the molecule is CCC(Br)CCCCC(C)CC(C)CC(C)N(C)CC. The molecule has 122 valence electrons. The first-order valence-electron chi connectivity index (χ1n) is 8.74. The van der Waals surface area contributed by atoms with Gasteiger partial charge in [-0.25, -0.2) is 0 Å². The molecule has 0 radical (unpaired) electrons. The first-order valence-corrected chi connectivity index (χ1v) is 9.66. The molecule has 4 unspecified atom stereocenters. The third kappa shape index (κ3) is 10.2. The van der Waals surface area contributed by atoms with Gasteiger partial charge < -0.3 is 4.90 Å². The topological polar surface area (TPSA) is 3.24 Å². The van der Waals surface area contributed by atoms with Crippen LogP contribution in [0.25, 0.3) is 0 Å². The highest BCUT2D eigenvalue weighted by Crippen LogP contribution is 2.23. The molecule has 0 N–H and O–H groups in total. The third-order valence-electron chi connectivity index (χ3n) is 4.71. The van der Waals surface area contributed by atoms with Crippen molar-refractivity contribution in [3.05, 3.63) is 0 Å². The number of unbranched alkanes of at least 4 members (excludes halogenated alkanes) is 1. The number of rotatable bonds is 12. The first kappa shape index (κ1) is 20.4. The van der Waals surface area contributed by atoms with Gasteiger partial charge in [-0.05, 0) is 58.0 Å². The van der Waals surface area contributed by atoms with Crippen LogP contribution in [0.2, 0.25) is 0 Å². The van der Waals surface area contributed by atoms with Crippen LogP contribution >= 0.6 is 15.9 Å². The molecular weight excluding hydrogens is 310 g/mol. The predicted octanol–water partition coefficient (Wildman–Crippen LogP) is 6.11.